The van der Waals surface area contributed by atoms with E-state index >= 15 is 0 Å². The molecule has 1 aromatic heterocycles. The van der Waals surface area contributed by atoms with E-state index < -0.39 is 6.16 Å². The zero-order chi connectivity index (χ0) is 26.9. The largest absolute Gasteiger partial charge is 0.506 e. The standard InChI is InChI=1S/C26H29FN4O6/c1-13(15(10-32)11-36-26(34)35)6-20-25-17(9-31(20)3)24-21(37-12-29-22(33)8-28)5-4-16-14(2)18(27)7-19(30-25)23(16)24/h6-7,10,21H,4-5,8-9,11-12,28H2,1-3H3,(H,29,33)(H,34,35)/b15-13+,20-6-. The molecule has 2 aromatic rings. The molecule has 11 heteroatoms. The van der Waals surface area contributed by atoms with E-state index in [1.54, 1.807) is 19.9 Å². The molecule has 2 heterocycles. The molecular weight excluding hydrogens is 483 g/mol. The summed E-state index contributed by atoms with van der Waals surface area (Å²) in [5.41, 5.74) is 11.2. The van der Waals surface area contributed by atoms with Gasteiger partial charge in [-0.2, -0.15) is 0 Å². The Bertz CT molecular complexity index is 1350. The van der Waals surface area contributed by atoms with Crippen molar-refractivity contribution >= 4 is 34.9 Å². The number of benzene rings is 1. The number of nitrogens with two attached hydrogens (primary N) is 1. The number of amides is 1. The summed E-state index contributed by atoms with van der Waals surface area (Å²) >= 11 is 0. The van der Waals surface area contributed by atoms with Crippen molar-refractivity contribution in [1.82, 2.24) is 15.2 Å². The number of carbonyl (C=O) groups is 3. The lowest BCUT2D eigenvalue weighted by Crippen LogP contribution is -2.33. The van der Waals surface area contributed by atoms with Crippen LogP contribution in [0.2, 0.25) is 0 Å². The number of nitrogens with zero attached hydrogens (tertiary/aromatic N) is 2. The Balaban J connectivity index is 1.85. The van der Waals surface area contributed by atoms with Crippen LogP contribution in [-0.2, 0) is 32.0 Å². The number of hydrogen-bond acceptors (Lipinski definition) is 8. The fraction of sp³-hybridized carbons (Fsp3) is 0.385. The summed E-state index contributed by atoms with van der Waals surface area (Å²) in [5, 5.41) is 12.3. The zero-order valence-electron chi connectivity index (χ0n) is 20.9. The van der Waals surface area contributed by atoms with Gasteiger partial charge < -0.3 is 30.5 Å². The number of hydrogen-bond donors (Lipinski definition) is 3. The smallest absolute Gasteiger partial charge is 0.450 e. The van der Waals surface area contributed by atoms with Crippen LogP contribution in [0.25, 0.3) is 16.6 Å². The molecule has 0 spiro atoms. The number of carbonyl (C=O) groups excluding carboxylic acids is 2. The van der Waals surface area contributed by atoms with Gasteiger partial charge in [-0.15, -0.1) is 0 Å². The van der Waals surface area contributed by atoms with E-state index in [9.17, 15) is 18.8 Å². The SMILES string of the molecule is CC(/C=C1/c2nc3cc(F)c(C)c4c3c(c2CN1C)C(OCNC(=O)CN)CC4)=C(/C=O)COC(=O)O. The lowest BCUT2D eigenvalue weighted by molar-refractivity contribution is -0.122. The summed E-state index contributed by atoms with van der Waals surface area (Å²) in [6.07, 6.45) is 1.69. The van der Waals surface area contributed by atoms with Gasteiger partial charge in [0.15, 0.2) is 0 Å². The van der Waals surface area contributed by atoms with Crippen molar-refractivity contribution in [2.24, 2.45) is 5.73 Å². The zero-order valence-corrected chi connectivity index (χ0v) is 20.9. The van der Waals surface area contributed by atoms with E-state index in [0.29, 0.717) is 53.7 Å². The molecule has 1 unspecified atom stereocenters. The molecule has 1 aromatic carbocycles. The predicted octanol–water partition coefficient (Wildman–Crippen LogP) is 2.71. The van der Waals surface area contributed by atoms with Crippen molar-refractivity contribution in [2.75, 3.05) is 26.9 Å². The maximum atomic E-state index is 14.9. The summed E-state index contributed by atoms with van der Waals surface area (Å²) in [4.78, 5) is 40.8. The maximum Gasteiger partial charge on any atom is 0.506 e. The molecule has 0 fully saturated rings. The third kappa shape index (κ3) is 5.05. The molecule has 0 saturated heterocycles. The van der Waals surface area contributed by atoms with Gasteiger partial charge in [-0.05, 0) is 55.0 Å². The first-order valence-electron chi connectivity index (χ1n) is 11.8. The number of allylic oxidation sites excluding steroid dienone is 2. The van der Waals surface area contributed by atoms with Crippen molar-refractivity contribution in [3.63, 3.8) is 0 Å². The topological polar surface area (TPSA) is 144 Å². The molecule has 0 bridgehead atoms. The molecule has 196 valence electrons. The number of aryl methyl sites for hydroxylation is 1. The number of ether oxygens (including phenoxy) is 2. The van der Waals surface area contributed by atoms with Crippen LogP contribution in [0.5, 0.6) is 0 Å². The highest BCUT2D eigenvalue weighted by Gasteiger charge is 2.34. The molecular formula is C26H29FN4O6. The van der Waals surface area contributed by atoms with E-state index in [1.165, 1.54) is 6.07 Å². The number of halogens is 1. The van der Waals surface area contributed by atoms with Gasteiger partial charge in [0.25, 0.3) is 0 Å². The summed E-state index contributed by atoms with van der Waals surface area (Å²) in [6, 6.07) is 1.42. The summed E-state index contributed by atoms with van der Waals surface area (Å²) in [6.45, 7) is 3.42. The van der Waals surface area contributed by atoms with Crippen molar-refractivity contribution < 1.29 is 33.4 Å². The molecule has 1 amide bonds. The van der Waals surface area contributed by atoms with Crippen molar-refractivity contribution in [3.05, 3.63) is 57.1 Å². The molecule has 2 aliphatic rings. The third-order valence-corrected chi connectivity index (χ3v) is 6.86. The first-order chi connectivity index (χ1) is 17.7. The Labute approximate surface area is 212 Å². The fourth-order valence-electron chi connectivity index (χ4n) is 4.92. The number of aldehydes is 1. The molecule has 4 N–H and O–H groups in total. The number of nitrogens with one attached hydrogen (secondary N) is 1. The molecule has 4 rings (SSSR count). The highest BCUT2D eigenvalue weighted by molar-refractivity contribution is 5.92. The third-order valence-electron chi connectivity index (χ3n) is 6.86. The van der Waals surface area contributed by atoms with Crippen LogP contribution in [0.15, 0.2) is 23.3 Å². The molecule has 10 nitrogen and oxygen atoms in total. The fourth-order valence-corrected chi connectivity index (χ4v) is 4.92. The van der Waals surface area contributed by atoms with Crippen molar-refractivity contribution in [1.29, 1.82) is 0 Å². The Morgan fingerprint density at radius 2 is 2.14 bits per heavy atom. The molecule has 1 atom stereocenters. The van der Waals surface area contributed by atoms with Crippen molar-refractivity contribution in [2.45, 2.75) is 39.3 Å². The number of rotatable bonds is 8. The van der Waals surface area contributed by atoms with Gasteiger partial charge in [0, 0.05) is 36.2 Å². The van der Waals surface area contributed by atoms with Gasteiger partial charge in [0.05, 0.1) is 29.6 Å². The lowest BCUT2D eigenvalue weighted by atomic mass is 9.83. The minimum absolute atomic E-state index is 0.0124. The van der Waals surface area contributed by atoms with Crippen LogP contribution in [0.3, 0.4) is 0 Å². The lowest BCUT2D eigenvalue weighted by Gasteiger charge is -2.29. The summed E-state index contributed by atoms with van der Waals surface area (Å²) in [7, 11) is 1.87. The van der Waals surface area contributed by atoms with E-state index in [4.69, 9.17) is 20.6 Å². The minimum Gasteiger partial charge on any atom is -0.450 e. The van der Waals surface area contributed by atoms with E-state index in [1.807, 2.05) is 11.9 Å². The monoisotopic (exact) mass is 512 g/mol. The number of pyridine rings is 1. The Morgan fingerprint density at radius 3 is 2.81 bits per heavy atom. The minimum atomic E-state index is -1.47. The normalized spacial score (nSPS) is 18.0. The first kappa shape index (κ1) is 26.2. The van der Waals surface area contributed by atoms with E-state index in [-0.39, 0.29) is 43.3 Å². The van der Waals surface area contributed by atoms with Gasteiger partial charge in [-0.3, -0.25) is 9.59 Å². The first-order valence-corrected chi connectivity index (χ1v) is 11.8. The van der Waals surface area contributed by atoms with E-state index in [0.717, 1.165) is 22.1 Å². The average molecular weight is 513 g/mol. The van der Waals surface area contributed by atoms with Crippen LogP contribution in [0.4, 0.5) is 9.18 Å². The second-order valence-corrected chi connectivity index (χ2v) is 9.12. The second kappa shape index (κ2) is 10.7. The Morgan fingerprint density at radius 1 is 1.38 bits per heavy atom. The van der Waals surface area contributed by atoms with E-state index in [2.05, 4.69) is 10.1 Å². The van der Waals surface area contributed by atoms with Crippen molar-refractivity contribution in [3.8, 4) is 0 Å². The van der Waals surface area contributed by atoms with Gasteiger partial charge >= 0.3 is 6.16 Å². The summed E-state index contributed by atoms with van der Waals surface area (Å²) < 4.78 is 25.5. The maximum absolute atomic E-state index is 14.9. The van der Waals surface area contributed by atoms with Gasteiger partial charge in [-0.25, -0.2) is 14.2 Å². The van der Waals surface area contributed by atoms with Crippen LogP contribution in [0.1, 0.15) is 47.4 Å². The highest BCUT2D eigenvalue weighted by Crippen LogP contribution is 2.45. The van der Waals surface area contributed by atoms with Crippen LogP contribution >= 0.6 is 0 Å². The predicted molar refractivity (Wildman–Crippen MR) is 133 cm³/mol. The number of aromatic nitrogens is 1. The Hall–Kier alpha value is -3.83. The van der Waals surface area contributed by atoms with Crippen LogP contribution in [-0.4, -0.2) is 60.3 Å². The highest BCUT2D eigenvalue weighted by atomic mass is 19.1. The van der Waals surface area contributed by atoms with Gasteiger partial charge in [0.2, 0.25) is 5.91 Å². The van der Waals surface area contributed by atoms with Gasteiger partial charge in [-0.1, -0.05) is 0 Å². The van der Waals surface area contributed by atoms with Crippen LogP contribution in [0, 0.1) is 12.7 Å². The quantitative estimate of drug-likeness (QED) is 0.210. The molecule has 1 aliphatic heterocycles. The number of fused-ring (bicyclic) bond motifs is 2. The Kier molecular flexibility index (Phi) is 7.55. The summed E-state index contributed by atoms with van der Waals surface area (Å²) in [5.74, 6) is -0.665. The second-order valence-electron chi connectivity index (χ2n) is 9.12. The number of carboxylic acid groups (broad SMARTS) is 1. The molecule has 1 aliphatic carbocycles. The van der Waals surface area contributed by atoms with Gasteiger partial charge in [0.1, 0.15) is 25.4 Å². The van der Waals surface area contributed by atoms with Crippen LogP contribution < -0.4 is 11.1 Å². The average Bonchev–Trinajstić information content (AvgIpc) is 3.17. The molecule has 0 radical (unpaired) electrons. The molecule has 0 saturated carbocycles. The molecule has 37 heavy (non-hydrogen) atoms.